The maximum Gasteiger partial charge on any atom is 0.164 e. The topological polar surface area (TPSA) is 43.6 Å². The fourth-order valence-electron chi connectivity index (χ4n) is 9.02. The van der Waals surface area contributed by atoms with E-state index in [4.69, 9.17) is 15.0 Å². The van der Waals surface area contributed by atoms with Crippen molar-refractivity contribution in [3.05, 3.63) is 218 Å². The van der Waals surface area contributed by atoms with Gasteiger partial charge in [0.2, 0.25) is 0 Å². The third-order valence-corrected chi connectivity index (χ3v) is 13.1. The van der Waals surface area contributed by atoms with Crippen LogP contribution >= 0.6 is 11.3 Å². The molecule has 62 heavy (non-hydrogen) atoms. The van der Waals surface area contributed by atoms with Gasteiger partial charge in [-0.25, -0.2) is 15.0 Å². The van der Waals surface area contributed by atoms with Crippen molar-refractivity contribution in [2.24, 2.45) is 0 Å². The lowest BCUT2D eigenvalue weighted by Gasteiger charge is -2.13. The number of hydrogen-bond donors (Lipinski definition) is 0. The summed E-state index contributed by atoms with van der Waals surface area (Å²) in [5.74, 6) is 1.93. The van der Waals surface area contributed by atoms with Gasteiger partial charge in [0.25, 0.3) is 0 Å². The molecule has 0 aliphatic carbocycles. The molecule has 12 rings (SSSR count). The van der Waals surface area contributed by atoms with E-state index in [1.165, 1.54) is 64.2 Å². The van der Waals surface area contributed by atoms with Crippen molar-refractivity contribution >= 4 is 53.3 Å². The summed E-state index contributed by atoms with van der Waals surface area (Å²) in [6.45, 7) is 0. The molecule has 5 heteroatoms. The molecule has 0 amide bonds. The van der Waals surface area contributed by atoms with E-state index in [9.17, 15) is 0 Å². The van der Waals surface area contributed by atoms with Crippen LogP contribution in [-0.2, 0) is 0 Å². The van der Waals surface area contributed by atoms with Crippen LogP contribution in [-0.4, -0.2) is 19.5 Å². The van der Waals surface area contributed by atoms with Crippen LogP contribution in [0.25, 0.3) is 115 Å². The van der Waals surface area contributed by atoms with E-state index in [0.29, 0.717) is 17.5 Å². The molecule has 4 nitrogen and oxygen atoms in total. The molecule has 3 aromatic heterocycles. The summed E-state index contributed by atoms with van der Waals surface area (Å²) in [5.41, 5.74) is 13.5. The van der Waals surface area contributed by atoms with Gasteiger partial charge in [0.1, 0.15) is 0 Å². The normalized spacial score (nSPS) is 11.5. The number of rotatable bonds is 7. The van der Waals surface area contributed by atoms with Crippen molar-refractivity contribution in [2.45, 2.75) is 0 Å². The number of para-hydroxylation sites is 2. The number of benzene rings is 9. The van der Waals surface area contributed by atoms with Gasteiger partial charge in [0, 0.05) is 58.9 Å². The Morgan fingerprint density at radius 1 is 0.323 bits per heavy atom. The van der Waals surface area contributed by atoms with Gasteiger partial charge in [-0.15, -0.1) is 11.3 Å². The Bertz CT molecular complexity index is 3630. The van der Waals surface area contributed by atoms with E-state index < -0.39 is 0 Å². The van der Waals surface area contributed by atoms with Crippen LogP contribution in [0.15, 0.2) is 218 Å². The van der Waals surface area contributed by atoms with Gasteiger partial charge in [0.15, 0.2) is 17.5 Å². The molecule has 0 bridgehead atoms. The molecular weight excluding hydrogens is 773 g/mol. The summed E-state index contributed by atoms with van der Waals surface area (Å²) in [4.78, 5) is 15.3. The van der Waals surface area contributed by atoms with E-state index in [1.807, 2.05) is 35.6 Å². The first kappa shape index (κ1) is 35.9. The van der Waals surface area contributed by atoms with Crippen molar-refractivity contribution in [1.82, 2.24) is 19.5 Å². The van der Waals surface area contributed by atoms with E-state index in [1.54, 1.807) is 0 Å². The van der Waals surface area contributed by atoms with Crippen LogP contribution in [0.4, 0.5) is 0 Å². The molecule has 12 aromatic rings. The summed E-state index contributed by atoms with van der Waals surface area (Å²) in [5, 5.41) is 4.95. The fraction of sp³-hybridized carbons (Fsp3) is 0. The number of hydrogen-bond acceptors (Lipinski definition) is 4. The molecule has 290 valence electrons. The molecule has 0 saturated carbocycles. The molecule has 0 aliphatic heterocycles. The van der Waals surface area contributed by atoms with Crippen molar-refractivity contribution < 1.29 is 0 Å². The summed E-state index contributed by atoms with van der Waals surface area (Å²) >= 11 is 1.83. The minimum atomic E-state index is 0.642. The standard InChI is InChI=1S/C57H36N4S/c1-4-17-37(18-5-1)39-21-14-22-40(35-39)56-58-55(38-19-6-2-7-20-38)59-57(60-56)41-33-34-45-48-30-15-29-47(54(48)62-52(45)36-41)44-26-11-10-25-43(44)46-28-16-32-51-53(46)49-27-12-13-31-50(49)61(51)42-23-8-3-9-24-42/h1-36H. The first-order chi connectivity index (χ1) is 30.7. The van der Waals surface area contributed by atoms with Gasteiger partial charge >= 0.3 is 0 Å². The van der Waals surface area contributed by atoms with Gasteiger partial charge in [-0.1, -0.05) is 182 Å². The van der Waals surface area contributed by atoms with Crippen LogP contribution < -0.4 is 0 Å². The minimum absolute atomic E-state index is 0.642. The Morgan fingerprint density at radius 2 is 0.839 bits per heavy atom. The summed E-state index contributed by atoms with van der Waals surface area (Å²) < 4.78 is 4.83. The van der Waals surface area contributed by atoms with Gasteiger partial charge in [0.05, 0.1) is 11.0 Å². The molecule has 0 aliphatic rings. The zero-order chi connectivity index (χ0) is 41.0. The van der Waals surface area contributed by atoms with Crippen molar-refractivity contribution in [3.8, 4) is 73.2 Å². The molecule has 9 aromatic carbocycles. The number of nitrogens with zero attached hydrogens (tertiary/aromatic N) is 4. The van der Waals surface area contributed by atoms with E-state index in [0.717, 1.165) is 33.5 Å². The van der Waals surface area contributed by atoms with Crippen LogP contribution in [0.1, 0.15) is 0 Å². The third-order valence-electron chi connectivity index (χ3n) is 11.9. The Hall–Kier alpha value is -7.99. The second-order valence-electron chi connectivity index (χ2n) is 15.5. The van der Waals surface area contributed by atoms with Crippen LogP contribution in [0.5, 0.6) is 0 Å². The van der Waals surface area contributed by atoms with Crippen molar-refractivity contribution in [1.29, 1.82) is 0 Å². The first-order valence-electron chi connectivity index (χ1n) is 20.9. The van der Waals surface area contributed by atoms with Gasteiger partial charge in [-0.2, -0.15) is 0 Å². The second kappa shape index (κ2) is 14.9. The highest BCUT2D eigenvalue weighted by atomic mass is 32.1. The highest BCUT2D eigenvalue weighted by Crippen LogP contribution is 2.46. The highest BCUT2D eigenvalue weighted by molar-refractivity contribution is 7.26. The average Bonchev–Trinajstić information content (AvgIpc) is 3.90. The zero-order valence-electron chi connectivity index (χ0n) is 33.5. The Labute approximate surface area is 362 Å². The van der Waals surface area contributed by atoms with Crippen LogP contribution in [0.2, 0.25) is 0 Å². The minimum Gasteiger partial charge on any atom is -0.309 e. The largest absolute Gasteiger partial charge is 0.309 e. The Morgan fingerprint density at radius 3 is 1.61 bits per heavy atom. The molecule has 0 radical (unpaired) electrons. The highest BCUT2D eigenvalue weighted by Gasteiger charge is 2.20. The van der Waals surface area contributed by atoms with Gasteiger partial charge in [-0.05, 0) is 64.2 Å². The zero-order valence-corrected chi connectivity index (χ0v) is 34.3. The smallest absolute Gasteiger partial charge is 0.164 e. The van der Waals surface area contributed by atoms with Crippen molar-refractivity contribution in [3.63, 3.8) is 0 Å². The van der Waals surface area contributed by atoms with Gasteiger partial charge < -0.3 is 4.57 Å². The molecule has 0 fully saturated rings. The summed E-state index contributed by atoms with van der Waals surface area (Å²) in [6, 6.07) is 77.5. The Balaban J connectivity index is 1.00. The van der Waals surface area contributed by atoms with Crippen LogP contribution in [0, 0.1) is 0 Å². The molecule has 0 N–H and O–H groups in total. The molecule has 0 spiro atoms. The SMILES string of the molecule is c1ccc(-c2cccc(-c3nc(-c4ccccc4)nc(-c4ccc5c(c4)sc4c(-c6ccccc6-c6cccc7c6c6ccccc6n7-c6ccccc6)cccc45)n3)c2)cc1. The summed E-state index contributed by atoms with van der Waals surface area (Å²) in [7, 11) is 0. The second-order valence-corrected chi connectivity index (χ2v) is 16.6. The average molecular weight is 809 g/mol. The maximum absolute atomic E-state index is 5.15. The van der Waals surface area contributed by atoms with E-state index in [2.05, 4.69) is 199 Å². The predicted octanol–water partition coefficient (Wildman–Crippen LogP) is 15.3. The number of aromatic nitrogens is 4. The number of fused-ring (bicyclic) bond motifs is 6. The third kappa shape index (κ3) is 6.09. The van der Waals surface area contributed by atoms with Crippen LogP contribution in [0.3, 0.4) is 0 Å². The molecule has 0 saturated heterocycles. The molecule has 3 heterocycles. The quantitative estimate of drug-likeness (QED) is 0.161. The lowest BCUT2D eigenvalue weighted by Crippen LogP contribution is -2.00. The monoisotopic (exact) mass is 808 g/mol. The van der Waals surface area contributed by atoms with E-state index in [-0.39, 0.29) is 0 Å². The fourth-order valence-corrected chi connectivity index (χ4v) is 10.3. The van der Waals surface area contributed by atoms with Gasteiger partial charge in [-0.3, -0.25) is 0 Å². The lowest BCUT2D eigenvalue weighted by atomic mass is 9.91. The van der Waals surface area contributed by atoms with Crippen molar-refractivity contribution in [2.75, 3.05) is 0 Å². The summed E-state index contributed by atoms with van der Waals surface area (Å²) in [6.07, 6.45) is 0. The van der Waals surface area contributed by atoms with E-state index >= 15 is 0 Å². The maximum atomic E-state index is 5.15. The molecule has 0 unspecified atom stereocenters. The molecule has 0 atom stereocenters. The first-order valence-corrected chi connectivity index (χ1v) is 21.7. The molecular formula is C57H36N4S. The lowest BCUT2D eigenvalue weighted by molar-refractivity contribution is 1.07. The number of thiophene rings is 1. The Kier molecular flexibility index (Phi) is 8.65. The predicted molar refractivity (Wildman–Crippen MR) is 260 cm³/mol.